The van der Waals surface area contributed by atoms with Gasteiger partial charge in [-0.1, -0.05) is 32.6 Å². The van der Waals surface area contributed by atoms with E-state index in [4.69, 9.17) is 5.11 Å². The van der Waals surface area contributed by atoms with Gasteiger partial charge in [0, 0.05) is 19.6 Å². The van der Waals surface area contributed by atoms with Gasteiger partial charge in [0.1, 0.15) is 0 Å². The van der Waals surface area contributed by atoms with Crippen molar-refractivity contribution in [2.24, 2.45) is 11.8 Å². The van der Waals surface area contributed by atoms with Gasteiger partial charge in [0.15, 0.2) is 0 Å². The lowest BCUT2D eigenvalue weighted by atomic mass is 9.87. The van der Waals surface area contributed by atoms with E-state index >= 15 is 0 Å². The fourth-order valence-electron chi connectivity index (χ4n) is 2.92. The molecule has 0 bridgehead atoms. The summed E-state index contributed by atoms with van der Waals surface area (Å²) in [5, 5.41) is 12.0. The molecule has 0 heterocycles. The van der Waals surface area contributed by atoms with Gasteiger partial charge in [-0.25, -0.2) is 0 Å². The Labute approximate surface area is 111 Å². The van der Waals surface area contributed by atoms with Crippen molar-refractivity contribution in [3.8, 4) is 0 Å². The minimum atomic E-state index is 0.209. The Morgan fingerprint density at radius 2 is 2.00 bits per heavy atom. The molecule has 1 aliphatic rings. The summed E-state index contributed by atoms with van der Waals surface area (Å²) in [5.41, 5.74) is 0. The normalized spacial score (nSPS) is 18.6. The highest BCUT2D eigenvalue weighted by atomic mass is 16.3. The summed E-state index contributed by atoms with van der Waals surface area (Å²) in [7, 11) is 0. The van der Waals surface area contributed by atoms with E-state index in [2.05, 4.69) is 12.2 Å². The Morgan fingerprint density at radius 3 is 2.61 bits per heavy atom. The molecule has 18 heavy (non-hydrogen) atoms. The van der Waals surface area contributed by atoms with Crippen LogP contribution in [0.3, 0.4) is 0 Å². The molecule has 0 aliphatic heterocycles. The van der Waals surface area contributed by atoms with Crippen molar-refractivity contribution in [1.29, 1.82) is 0 Å². The van der Waals surface area contributed by atoms with Gasteiger partial charge >= 0.3 is 0 Å². The van der Waals surface area contributed by atoms with Crippen molar-refractivity contribution in [1.82, 2.24) is 5.32 Å². The third-order valence-corrected chi connectivity index (χ3v) is 4.02. The quantitative estimate of drug-likeness (QED) is 0.700. The maximum atomic E-state index is 11.9. The van der Waals surface area contributed by atoms with Gasteiger partial charge in [-0.05, 0) is 37.5 Å². The number of rotatable bonds is 8. The highest BCUT2D eigenvalue weighted by Crippen LogP contribution is 2.26. The first-order valence-corrected chi connectivity index (χ1v) is 7.63. The smallest absolute Gasteiger partial charge is 0.220 e. The SMILES string of the molecule is CCCC(CCO)CNC(=O)CC1CCCCC1. The fourth-order valence-corrected chi connectivity index (χ4v) is 2.92. The number of hydrogen-bond donors (Lipinski definition) is 2. The summed E-state index contributed by atoms with van der Waals surface area (Å²) in [6.07, 6.45) is 10.1. The molecule has 1 aliphatic carbocycles. The molecule has 1 amide bonds. The fraction of sp³-hybridized carbons (Fsp3) is 0.933. The van der Waals surface area contributed by atoms with Crippen LogP contribution in [0.25, 0.3) is 0 Å². The average molecular weight is 255 g/mol. The molecule has 2 N–H and O–H groups in total. The lowest BCUT2D eigenvalue weighted by molar-refractivity contribution is -0.122. The molecule has 0 aromatic heterocycles. The lowest BCUT2D eigenvalue weighted by Gasteiger charge is -2.22. The van der Waals surface area contributed by atoms with E-state index in [-0.39, 0.29) is 12.5 Å². The summed E-state index contributed by atoms with van der Waals surface area (Å²) >= 11 is 0. The zero-order valence-corrected chi connectivity index (χ0v) is 11.8. The summed E-state index contributed by atoms with van der Waals surface area (Å²) in [6.45, 7) is 3.11. The standard InChI is InChI=1S/C15H29NO2/c1-2-6-14(9-10-17)12-16-15(18)11-13-7-4-3-5-8-13/h13-14,17H,2-12H2,1H3,(H,16,18). The Hall–Kier alpha value is -0.570. The van der Waals surface area contributed by atoms with Crippen LogP contribution in [0.2, 0.25) is 0 Å². The molecule has 1 unspecified atom stereocenters. The number of nitrogens with one attached hydrogen (secondary N) is 1. The van der Waals surface area contributed by atoms with Gasteiger partial charge in [-0.2, -0.15) is 0 Å². The minimum Gasteiger partial charge on any atom is -0.396 e. The van der Waals surface area contributed by atoms with Gasteiger partial charge in [-0.3, -0.25) is 4.79 Å². The van der Waals surface area contributed by atoms with E-state index in [9.17, 15) is 4.79 Å². The molecule has 0 aromatic rings. The molecule has 3 nitrogen and oxygen atoms in total. The number of aliphatic hydroxyl groups excluding tert-OH is 1. The van der Waals surface area contributed by atoms with E-state index in [0.717, 1.165) is 25.8 Å². The van der Waals surface area contributed by atoms with Gasteiger partial charge in [0.05, 0.1) is 0 Å². The summed E-state index contributed by atoms with van der Waals surface area (Å²) in [4.78, 5) is 11.9. The molecule has 0 aromatic carbocycles. The van der Waals surface area contributed by atoms with Gasteiger partial charge < -0.3 is 10.4 Å². The lowest BCUT2D eigenvalue weighted by Crippen LogP contribution is -2.31. The molecule has 1 fully saturated rings. The number of amides is 1. The van der Waals surface area contributed by atoms with Crippen LogP contribution in [0, 0.1) is 11.8 Å². The topological polar surface area (TPSA) is 49.3 Å². The van der Waals surface area contributed by atoms with Gasteiger partial charge in [0.2, 0.25) is 5.91 Å². The van der Waals surface area contributed by atoms with E-state index < -0.39 is 0 Å². The van der Waals surface area contributed by atoms with Crippen molar-refractivity contribution in [2.75, 3.05) is 13.2 Å². The van der Waals surface area contributed by atoms with Crippen LogP contribution in [0.15, 0.2) is 0 Å². The van der Waals surface area contributed by atoms with Crippen LogP contribution in [-0.4, -0.2) is 24.2 Å². The molecule has 3 heteroatoms. The van der Waals surface area contributed by atoms with Crippen molar-refractivity contribution in [3.05, 3.63) is 0 Å². The Bertz CT molecular complexity index is 219. The number of hydrogen-bond acceptors (Lipinski definition) is 2. The largest absolute Gasteiger partial charge is 0.396 e. The first-order valence-electron chi connectivity index (χ1n) is 7.63. The molecule has 0 saturated heterocycles. The molecular formula is C15H29NO2. The zero-order chi connectivity index (χ0) is 13.2. The molecule has 1 rings (SSSR count). The summed E-state index contributed by atoms with van der Waals surface area (Å²) in [5.74, 6) is 1.26. The second-order valence-electron chi connectivity index (χ2n) is 5.68. The maximum Gasteiger partial charge on any atom is 0.220 e. The first-order chi connectivity index (χ1) is 8.76. The molecular weight excluding hydrogens is 226 g/mol. The van der Waals surface area contributed by atoms with E-state index in [1.807, 2.05) is 0 Å². The second kappa shape index (κ2) is 9.37. The highest BCUT2D eigenvalue weighted by molar-refractivity contribution is 5.76. The number of aliphatic hydroxyl groups is 1. The van der Waals surface area contributed by atoms with Crippen LogP contribution in [0.1, 0.15) is 64.7 Å². The Kier molecular flexibility index (Phi) is 8.06. The van der Waals surface area contributed by atoms with Crippen LogP contribution in [0.4, 0.5) is 0 Å². The average Bonchev–Trinajstić information content (AvgIpc) is 2.38. The number of carbonyl (C=O) groups is 1. The Morgan fingerprint density at radius 1 is 1.28 bits per heavy atom. The predicted molar refractivity (Wildman–Crippen MR) is 74.3 cm³/mol. The van der Waals surface area contributed by atoms with Crippen LogP contribution in [-0.2, 0) is 4.79 Å². The van der Waals surface area contributed by atoms with Gasteiger partial charge in [-0.15, -0.1) is 0 Å². The van der Waals surface area contributed by atoms with Crippen molar-refractivity contribution >= 4 is 5.91 Å². The third-order valence-electron chi connectivity index (χ3n) is 4.02. The van der Waals surface area contributed by atoms with Crippen LogP contribution >= 0.6 is 0 Å². The van der Waals surface area contributed by atoms with Crippen LogP contribution < -0.4 is 5.32 Å². The minimum absolute atomic E-state index is 0.209. The molecule has 106 valence electrons. The third kappa shape index (κ3) is 6.39. The predicted octanol–water partition coefficient (Wildman–Crippen LogP) is 2.87. The Balaban J connectivity index is 2.17. The van der Waals surface area contributed by atoms with E-state index in [1.54, 1.807) is 0 Å². The van der Waals surface area contributed by atoms with E-state index in [1.165, 1.54) is 32.1 Å². The maximum absolute atomic E-state index is 11.9. The monoisotopic (exact) mass is 255 g/mol. The van der Waals surface area contributed by atoms with Gasteiger partial charge in [0.25, 0.3) is 0 Å². The second-order valence-corrected chi connectivity index (χ2v) is 5.68. The molecule has 0 spiro atoms. The molecule has 0 radical (unpaired) electrons. The van der Waals surface area contributed by atoms with Crippen molar-refractivity contribution in [2.45, 2.75) is 64.7 Å². The molecule has 1 atom stereocenters. The highest BCUT2D eigenvalue weighted by Gasteiger charge is 2.17. The van der Waals surface area contributed by atoms with E-state index in [0.29, 0.717) is 18.3 Å². The summed E-state index contributed by atoms with van der Waals surface area (Å²) in [6, 6.07) is 0. The number of carbonyl (C=O) groups excluding carboxylic acids is 1. The first kappa shape index (κ1) is 15.5. The van der Waals surface area contributed by atoms with Crippen LogP contribution in [0.5, 0.6) is 0 Å². The van der Waals surface area contributed by atoms with Crippen molar-refractivity contribution < 1.29 is 9.90 Å². The zero-order valence-electron chi connectivity index (χ0n) is 11.8. The van der Waals surface area contributed by atoms with Crippen molar-refractivity contribution in [3.63, 3.8) is 0 Å². The molecule has 1 saturated carbocycles. The summed E-state index contributed by atoms with van der Waals surface area (Å²) < 4.78 is 0.